The van der Waals surface area contributed by atoms with Crippen LogP contribution in [0.1, 0.15) is 25.3 Å². The maximum Gasteiger partial charge on any atom is 0.307 e. The molecular formula is C15H23ClN2O4S. The fraction of sp³-hybridized carbons (Fsp3) is 0.533. The van der Waals surface area contributed by atoms with E-state index in [1.54, 1.807) is 20.3 Å². The summed E-state index contributed by atoms with van der Waals surface area (Å²) in [4.78, 5) is 11.4. The Morgan fingerprint density at radius 3 is 2.61 bits per heavy atom. The molecule has 0 radical (unpaired) electrons. The van der Waals surface area contributed by atoms with Crippen LogP contribution in [0.5, 0.6) is 11.5 Å². The molecule has 8 heteroatoms. The van der Waals surface area contributed by atoms with Crippen LogP contribution in [-0.4, -0.2) is 37.8 Å². The van der Waals surface area contributed by atoms with Gasteiger partial charge in [-0.05, 0) is 12.5 Å². The average Bonchev–Trinajstić information content (AvgIpc) is 2.56. The van der Waals surface area contributed by atoms with Crippen molar-refractivity contribution in [2.24, 2.45) is 5.84 Å². The Morgan fingerprint density at radius 2 is 2.00 bits per heavy atom. The molecule has 1 aromatic carbocycles. The van der Waals surface area contributed by atoms with Crippen LogP contribution in [0.4, 0.5) is 0 Å². The number of carbonyl (C=O) groups excluding carboxylic acids is 1. The van der Waals surface area contributed by atoms with Gasteiger partial charge in [-0.25, -0.2) is 0 Å². The largest absolute Gasteiger partial charge is 0.496 e. The van der Waals surface area contributed by atoms with Crippen LogP contribution in [-0.2, 0) is 15.3 Å². The highest BCUT2D eigenvalue weighted by Crippen LogP contribution is 2.34. The summed E-state index contributed by atoms with van der Waals surface area (Å²) in [7, 11) is 3.14. The summed E-state index contributed by atoms with van der Waals surface area (Å²) in [5.41, 5.74) is 0.905. The van der Waals surface area contributed by atoms with Gasteiger partial charge in [0.2, 0.25) is 0 Å². The summed E-state index contributed by atoms with van der Waals surface area (Å²) in [5, 5.41) is 0.487. The minimum atomic E-state index is -0.242. The topological polar surface area (TPSA) is 74.0 Å². The molecule has 0 saturated carbocycles. The highest BCUT2D eigenvalue weighted by atomic mass is 35.5. The Morgan fingerprint density at radius 1 is 1.30 bits per heavy atom. The second-order valence-corrected chi connectivity index (χ2v) is 6.11. The van der Waals surface area contributed by atoms with Crippen LogP contribution in [0.3, 0.4) is 0 Å². The molecule has 0 fully saturated rings. The number of nitrogens with two attached hydrogens (primary N) is 1. The van der Waals surface area contributed by atoms with Gasteiger partial charge < -0.3 is 14.2 Å². The maximum atomic E-state index is 11.4. The molecule has 1 aromatic rings. The molecule has 0 bridgehead atoms. The Balaban J connectivity index is 2.52. The zero-order valence-corrected chi connectivity index (χ0v) is 15.2. The number of rotatable bonds is 10. The molecule has 0 saturated heterocycles. The van der Waals surface area contributed by atoms with Gasteiger partial charge in [-0.1, -0.05) is 30.5 Å². The number of hydrogen-bond donors (Lipinski definition) is 1. The highest BCUT2D eigenvalue weighted by Gasteiger charge is 2.12. The van der Waals surface area contributed by atoms with E-state index < -0.39 is 0 Å². The maximum absolute atomic E-state index is 11.4. The van der Waals surface area contributed by atoms with E-state index in [0.717, 1.165) is 12.0 Å². The van der Waals surface area contributed by atoms with Crippen molar-refractivity contribution < 1.29 is 19.0 Å². The number of hydrazine groups is 1. The zero-order valence-electron chi connectivity index (χ0n) is 13.6. The van der Waals surface area contributed by atoms with Gasteiger partial charge in [-0.2, -0.15) is 4.41 Å². The summed E-state index contributed by atoms with van der Waals surface area (Å²) in [5.74, 6) is 7.45. The van der Waals surface area contributed by atoms with Crippen molar-refractivity contribution in [3.05, 3.63) is 22.7 Å². The van der Waals surface area contributed by atoms with Gasteiger partial charge in [-0.3, -0.25) is 10.6 Å². The minimum absolute atomic E-state index is 0.242. The lowest BCUT2D eigenvalue weighted by Crippen LogP contribution is -2.27. The number of benzene rings is 1. The third-order valence-corrected chi connectivity index (χ3v) is 4.19. The molecule has 0 atom stereocenters. The van der Waals surface area contributed by atoms with Crippen LogP contribution in [0.25, 0.3) is 0 Å². The lowest BCUT2D eigenvalue weighted by Gasteiger charge is -2.16. The lowest BCUT2D eigenvalue weighted by atomic mass is 10.2. The smallest absolute Gasteiger partial charge is 0.307 e. The van der Waals surface area contributed by atoms with Gasteiger partial charge in [-0.15, -0.1) is 0 Å². The standard InChI is InChI=1S/C15H23ClN2O4S/c1-4-7-22-15(19)5-6-18(17)23-10-11-8-14(21-3)12(16)9-13(11)20-2/h8-9H,4-7,10,17H2,1-3H3. The first-order valence-corrected chi connectivity index (χ1v) is 8.55. The Labute approximate surface area is 146 Å². The predicted octanol–water partition coefficient (Wildman–Crippen LogP) is 3.02. The molecule has 2 N–H and O–H groups in total. The van der Waals surface area contributed by atoms with Crippen molar-refractivity contribution >= 4 is 29.5 Å². The number of methoxy groups -OCH3 is 2. The summed E-state index contributed by atoms with van der Waals surface area (Å²) in [6.07, 6.45) is 1.07. The first kappa shape index (κ1) is 19.9. The first-order valence-electron chi connectivity index (χ1n) is 7.23. The highest BCUT2D eigenvalue weighted by molar-refractivity contribution is 7.96. The molecule has 6 nitrogen and oxygen atoms in total. The summed E-state index contributed by atoms with van der Waals surface area (Å²) >= 11 is 7.45. The number of carbonyl (C=O) groups is 1. The van der Waals surface area contributed by atoms with Crippen LogP contribution in [0.2, 0.25) is 5.02 Å². The molecule has 0 aliphatic heterocycles. The van der Waals surface area contributed by atoms with Crippen molar-refractivity contribution in [2.75, 3.05) is 27.4 Å². The molecule has 0 unspecified atom stereocenters. The molecule has 0 aliphatic rings. The quantitative estimate of drug-likeness (QED) is 0.297. The normalized spacial score (nSPS) is 10.7. The summed E-state index contributed by atoms with van der Waals surface area (Å²) in [6, 6.07) is 3.52. The second kappa shape index (κ2) is 10.6. The van der Waals surface area contributed by atoms with Gasteiger partial charge in [0.25, 0.3) is 0 Å². The van der Waals surface area contributed by atoms with Crippen LogP contribution in [0, 0.1) is 0 Å². The molecule has 1 rings (SSSR count). The second-order valence-electron chi connectivity index (χ2n) is 4.68. The lowest BCUT2D eigenvalue weighted by molar-refractivity contribution is -0.143. The third-order valence-electron chi connectivity index (χ3n) is 2.94. The number of esters is 1. The van der Waals surface area contributed by atoms with Crippen LogP contribution in [0.15, 0.2) is 12.1 Å². The van der Waals surface area contributed by atoms with E-state index in [0.29, 0.717) is 35.4 Å². The zero-order chi connectivity index (χ0) is 17.2. The Kier molecular flexibility index (Phi) is 9.16. The van der Waals surface area contributed by atoms with E-state index in [1.165, 1.54) is 16.4 Å². The number of ether oxygens (including phenoxy) is 3. The summed E-state index contributed by atoms with van der Waals surface area (Å²) < 4.78 is 17.0. The van der Waals surface area contributed by atoms with Gasteiger partial charge in [0.1, 0.15) is 11.5 Å². The molecule has 0 aromatic heterocycles. The predicted molar refractivity (Wildman–Crippen MR) is 92.6 cm³/mol. The summed E-state index contributed by atoms with van der Waals surface area (Å²) in [6.45, 7) is 2.80. The first-order chi connectivity index (χ1) is 11.0. The molecule has 130 valence electrons. The van der Waals surface area contributed by atoms with E-state index in [-0.39, 0.29) is 12.4 Å². The van der Waals surface area contributed by atoms with E-state index >= 15 is 0 Å². The minimum Gasteiger partial charge on any atom is -0.496 e. The van der Waals surface area contributed by atoms with Crippen molar-refractivity contribution in [1.82, 2.24) is 4.41 Å². The van der Waals surface area contributed by atoms with Gasteiger partial charge in [0.15, 0.2) is 0 Å². The molecular weight excluding hydrogens is 340 g/mol. The van der Waals surface area contributed by atoms with E-state index in [4.69, 9.17) is 31.7 Å². The monoisotopic (exact) mass is 362 g/mol. The SMILES string of the molecule is CCCOC(=O)CCN(N)SCc1cc(OC)c(Cl)cc1OC. The molecule has 0 spiro atoms. The molecule has 23 heavy (non-hydrogen) atoms. The van der Waals surface area contributed by atoms with E-state index in [2.05, 4.69) is 0 Å². The fourth-order valence-electron chi connectivity index (χ4n) is 1.74. The van der Waals surface area contributed by atoms with Gasteiger partial charge in [0.05, 0.1) is 32.3 Å². The molecule has 0 heterocycles. The molecule has 0 aliphatic carbocycles. The van der Waals surface area contributed by atoms with E-state index in [1.807, 2.05) is 13.0 Å². The third kappa shape index (κ3) is 6.87. The van der Waals surface area contributed by atoms with E-state index in [9.17, 15) is 4.79 Å². The van der Waals surface area contributed by atoms with Gasteiger partial charge >= 0.3 is 5.97 Å². The van der Waals surface area contributed by atoms with Crippen molar-refractivity contribution in [2.45, 2.75) is 25.5 Å². The van der Waals surface area contributed by atoms with Gasteiger partial charge in [0, 0.05) is 23.9 Å². The number of nitrogens with zero attached hydrogens (tertiary/aromatic N) is 1. The van der Waals surface area contributed by atoms with Crippen molar-refractivity contribution in [3.63, 3.8) is 0 Å². The van der Waals surface area contributed by atoms with Crippen LogP contribution >= 0.6 is 23.5 Å². The number of hydrogen-bond acceptors (Lipinski definition) is 7. The van der Waals surface area contributed by atoms with Crippen LogP contribution < -0.4 is 15.3 Å². The Hall–Kier alpha value is -1.15. The van der Waals surface area contributed by atoms with Crippen molar-refractivity contribution in [1.29, 1.82) is 0 Å². The Bertz CT molecular complexity index is 516. The molecule has 0 amide bonds. The average molecular weight is 363 g/mol. The fourth-order valence-corrected chi connectivity index (χ4v) is 2.72. The van der Waals surface area contributed by atoms with Crippen molar-refractivity contribution in [3.8, 4) is 11.5 Å². The number of halogens is 1.